The maximum Gasteiger partial charge on any atom is 0.271 e. The number of carbonyl (C=O) groups is 1. The lowest BCUT2D eigenvalue weighted by Gasteiger charge is -2.12. The Balaban J connectivity index is 1.89. The molecule has 1 amide bonds. The van der Waals surface area contributed by atoms with E-state index in [-0.39, 0.29) is 26.9 Å². The maximum atomic E-state index is 12.5. The summed E-state index contributed by atoms with van der Waals surface area (Å²) in [5.74, 6) is -0.652. The van der Waals surface area contributed by atoms with Crippen molar-refractivity contribution in [1.82, 2.24) is 0 Å². The monoisotopic (exact) mass is 408 g/mol. The molecule has 0 aliphatic carbocycles. The van der Waals surface area contributed by atoms with Crippen LogP contribution in [-0.4, -0.2) is 19.4 Å². The summed E-state index contributed by atoms with van der Waals surface area (Å²) >= 11 is 6.71. The Hall–Kier alpha value is -2.55. The van der Waals surface area contributed by atoms with E-state index in [9.17, 15) is 18.3 Å². The van der Waals surface area contributed by atoms with Gasteiger partial charge < -0.3 is 10.4 Å². The van der Waals surface area contributed by atoms with Gasteiger partial charge in [0.1, 0.15) is 9.96 Å². The van der Waals surface area contributed by atoms with Gasteiger partial charge in [0.25, 0.3) is 15.9 Å². The van der Waals surface area contributed by atoms with Gasteiger partial charge >= 0.3 is 0 Å². The van der Waals surface area contributed by atoms with Gasteiger partial charge in [0.05, 0.1) is 21.3 Å². The van der Waals surface area contributed by atoms with Gasteiger partial charge in [0.2, 0.25) is 0 Å². The predicted molar refractivity (Wildman–Crippen MR) is 103 cm³/mol. The summed E-state index contributed by atoms with van der Waals surface area (Å²) in [6.07, 6.45) is 0. The summed E-state index contributed by atoms with van der Waals surface area (Å²) in [6.45, 7) is 0. The van der Waals surface area contributed by atoms with Gasteiger partial charge in [-0.05, 0) is 36.4 Å². The Morgan fingerprint density at radius 2 is 1.62 bits per heavy atom. The molecule has 1 heterocycles. The number of thiophene rings is 1. The molecule has 3 N–H and O–H groups in total. The molecular formula is C17H13ClN2O4S2. The fourth-order valence-electron chi connectivity index (χ4n) is 2.18. The second kappa shape index (κ2) is 7.36. The van der Waals surface area contributed by atoms with E-state index in [1.165, 1.54) is 36.4 Å². The zero-order chi connectivity index (χ0) is 18.7. The van der Waals surface area contributed by atoms with Crippen LogP contribution >= 0.6 is 22.9 Å². The van der Waals surface area contributed by atoms with Crippen molar-refractivity contribution in [1.29, 1.82) is 0 Å². The number of halogens is 1. The third-order valence-electron chi connectivity index (χ3n) is 3.38. The van der Waals surface area contributed by atoms with E-state index in [4.69, 9.17) is 11.6 Å². The number of sulfonamides is 1. The molecule has 0 aliphatic heterocycles. The summed E-state index contributed by atoms with van der Waals surface area (Å²) in [6, 6.07) is 15.3. The predicted octanol–water partition coefficient (Wildman–Crippen LogP) is 4.16. The largest absolute Gasteiger partial charge is 0.506 e. The smallest absolute Gasteiger partial charge is 0.271 e. The molecule has 2 aromatic carbocycles. The number of carbonyl (C=O) groups excluding carboxylic acids is 1. The molecule has 3 rings (SSSR count). The minimum Gasteiger partial charge on any atom is -0.506 e. The lowest BCUT2D eigenvalue weighted by Crippen LogP contribution is -2.18. The van der Waals surface area contributed by atoms with Crippen LogP contribution in [0.1, 0.15) is 10.4 Å². The molecule has 0 unspecified atom stereocenters. The molecule has 0 fully saturated rings. The highest BCUT2D eigenvalue weighted by molar-refractivity contribution is 7.94. The number of para-hydroxylation sites is 3. The minimum absolute atomic E-state index is 0.0402. The highest BCUT2D eigenvalue weighted by Crippen LogP contribution is 2.29. The molecule has 1 aromatic heterocycles. The molecule has 0 atom stereocenters. The van der Waals surface area contributed by atoms with Crippen molar-refractivity contribution >= 4 is 50.2 Å². The van der Waals surface area contributed by atoms with Gasteiger partial charge in [0.15, 0.2) is 0 Å². The molecule has 0 spiro atoms. The first kappa shape index (κ1) is 18.2. The van der Waals surface area contributed by atoms with Crippen LogP contribution in [0, 0.1) is 0 Å². The van der Waals surface area contributed by atoms with Gasteiger partial charge in [-0.2, -0.15) is 0 Å². The molecule has 0 radical (unpaired) electrons. The number of hydrogen-bond donors (Lipinski definition) is 3. The zero-order valence-corrected chi connectivity index (χ0v) is 15.5. The Kier molecular flexibility index (Phi) is 5.17. The number of phenolic OH excluding ortho intramolecular Hbond substituents is 1. The summed E-state index contributed by atoms with van der Waals surface area (Å²) in [5.41, 5.74) is 0.451. The topological polar surface area (TPSA) is 95.5 Å². The normalized spacial score (nSPS) is 11.1. The maximum absolute atomic E-state index is 12.5. The Labute approximate surface area is 159 Å². The van der Waals surface area contributed by atoms with Gasteiger partial charge in [-0.25, -0.2) is 8.42 Å². The highest BCUT2D eigenvalue weighted by atomic mass is 35.5. The van der Waals surface area contributed by atoms with Gasteiger partial charge in [-0.15, -0.1) is 11.3 Å². The lowest BCUT2D eigenvalue weighted by atomic mass is 10.1. The molecule has 134 valence electrons. The van der Waals surface area contributed by atoms with Crippen LogP contribution in [0.5, 0.6) is 5.75 Å². The number of rotatable bonds is 5. The van der Waals surface area contributed by atoms with Crippen LogP contribution < -0.4 is 10.0 Å². The van der Waals surface area contributed by atoms with Crippen molar-refractivity contribution in [3.05, 3.63) is 70.6 Å². The van der Waals surface area contributed by atoms with Crippen molar-refractivity contribution in [2.24, 2.45) is 0 Å². The average molecular weight is 409 g/mol. The van der Waals surface area contributed by atoms with Gasteiger partial charge in [-0.1, -0.05) is 35.9 Å². The first-order chi connectivity index (χ1) is 12.4. The van der Waals surface area contributed by atoms with Crippen LogP contribution in [0.2, 0.25) is 4.34 Å². The highest BCUT2D eigenvalue weighted by Gasteiger charge is 2.20. The van der Waals surface area contributed by atoms with E-state index in [1.54, 1.807) is 24.3 Å². The Bertz CT molecular complexity index is 1060. The Morgan fingerprint density at radius 3 is 2.27 bits per heavy atom. The van der Waals surface area contributed by atoms with Crippen molar-refractivity contribution < 1.29 is 18.3 Å². The molecule has 9 heteroatoms. The standard InChI is InChI=1S/C17H13ClN2O4S2/c18-15-9-10-16(25-15)26(23,24)20-12-6-2-1-5-11(12)17(22)19-13-7-3-4-8-14(13)21/h1-10,20-21H,(H,19,22). The molecule has 6 nitrogen and oxygen atoms in total. The zero-order valence-electron chi connectivity index (χ0n) is 13.1. The second-order valence-corrected chi connectivity index (χ2v) is 8.81. The minimum atomic E-state index is -3.87. The summed E-state index contributed by atoms with van der Waals surface area (Å²) in [7, 11) is -3.87. The fourth-order valence-corrected chi connectivity index (χ4v) is 4.74. The van der Waals surface area contributed by atoms with E-state index in [0.29, 0.717) is 4.34 Å². The van der Waals surface area contributed by atoms with Gasteiger partial charge in [0, 0.05) is 0 Å². The SMILES string of the molecule is O=C(Nc1ccccc1O)c1ccccc1NS(=O)(=O)c1ccc(Cl)s1. The number of hydrogen-bond acceptors (Lipinski definition) is 5. The first-order valence-corrected chi connectivity index (χ1v) is 10.0. The van der Waals surface area contributed by atoms with Crippen LogP contribution in [0.4, 0.5) is 11.4 Å². The van der Waals surface area contributed by atoms with Crippen LogP contribution in [0.3, 0.4) is 0 Å². The van der Waals surface area contributed by atoms with E-state index in [2.05, 4.69) is 10.0 Å². The van der Waals surface area contributed by atoms with Crippen molar-refractivity contribution in [2.75, 3.05) is 10.0 Å². The number of aromatic hydroxyl groups is 1. The quantitative estimate of drug-likeness (QED) is 0.552. The van der Waals surface area contributed by atoms with E-state index in [1.807, 2.05) is 0 Å². The third kappa shape index (κ3) is 3.98. The molecule has 26 heavy (non-hydrogen) atoms. The number of nitrogens with one attached hydrogen (secondary N) is 2. The number of benzene rings is 2. The Morgan fingerprint density at radius 1 is 0.962 bits per heavy atom. The molecule has 0 bridgehead atoms. The van der Waals surface area contributed by atoms with E-state index in [0.717, 1.165) is 11.3 Å². The third-order valence-corrected chi connectivity index (χ3v) is 6.47. The molecule has 0 aliphatic rings. The summed E-state index contributed by atoms with van der Waals surface area (Å²) < 4.78 is 27.7. The summed E-state index contributed by atoms with van der Waals surface area (Å²) in [5, 5.41) is 12.3. The van der Waals surface area contributed by atoms with Crippen LogP contribution in [0.25, 0.3) is 0 Å². The first-order valence-electron chi connectivity index (χ1n) is 7.33. The number of anilines is 2. The van der Waals surface area contributed by atoms with Crippen LogP contribution in [0.15, 0.2) is 64.9 Å². The lowest BCUT2D eigenvalue weighted by molar-refractivity contribution is 0.102. The van der Waals surface area contributed by atoms with E-state index >= 15 is 0 Å². The second-order valence-electron chi connectivity index (χ2n) is 5.18. The van der Waals surface area contributed by atoms with Crippen molar-refractivity contribution in [3.8, 4) is 5.75 Å². The fraction of sp³-hybridized carbons (Fsp3) is 0. The summed E-state index contributed by atoms with van der Waals surface area (Å²) in [4.78, 5) is 12.5. The average Bonchev–Trinajstić information content (AvgIpc) is 3.04. The molecular weight excluding hydrogens is 396 g/mol. The van der Waals surface area contributed by atoms with Gasteiger partial charge in [-0.3, -0.25) is 9.52 Å². The van der Waals surface area contributed by atoms with E-state index < -0.39 is 15.9 Å². The number of phenols is 1. The molecule has 3 aromatic rings. The van der Waals surface area contributed by atoms with Crippen molar-refractivity contribution in [2.45, 2.75) is 4.21 Å². The molecule has 0 saturated carbocycles. The number of amides is 1. The van der Waals surface area contributed by atoms with Crippen molar-refractivity contribution in [3.63, 3.8) is 0 Å². The van der Waals surface area contributed by atoms with Crippen LogP contribution in [-0.2, 0) is 10.0 Å². The molecule has 0 saturated heterocycles.